The molecule has 0 amide bonds. The third-order valence-electron chi connectivity index (χ3n) is 3.31. The first-order valence-corrected chi connectivity index (χ1v) is 6.08. The van der Waals surface area contributed by atoms with Crippen LogP contribution in [-0.4, -0.2) is 21.6 Å². The summed E-state index contributed by atoms with van der Waals surface area (Å²) in [5, 5.41) is 7.71. The number of fused-ring (bicyclic) bond motifs is 3. The molecule has 2 aromatic heterocycles. The zero-order valence-electron chi connectivity index (χ0n) is 10.1. The summed E-state index contributed by atoms with van der Waals surface area (Å²) in [4.78, 5) is 12.6. The van der Waals surface area contributed by atoms with E-state index in [1.165, 1.54) is 6.33 Å². The van der Waals surface area contributed by atoms with Gasteiger partial charge in [-0.1, -0.05) is 6.07 Å². The Morgan fingerprint density at radius 1 is 0.947 bits per heavy atom. The van der Waals surface area contributed by atoms with Crippen LogP contribution in [-0.2, 0) is 0 Å². The average Bonchev–Trinajstić information content (AvgIpc) is 2.96. The van der Waals surface area contributed by atoms with Crippen LogP contribution >= 0.6 is 0 Å². The average molecular weight is 249 g/mol. The fraction of sp³-hybridized carbons (Fsp3) is 0.0714. The van der Waals surface area contributed by atoms with Crippen molar-refractivity contribution in [1.29, 1.82) is 0 Å². The molecule has 92 valence electrons. The van der Waals surface area contributed by atoms with Crippen LogP contribution < -0.4 is 10.6 Å². The molecule has 19 heavy (non-hydrogen) atoms. The van der Waals surface area contributed by atoms with Crippen molar-refractivity contribution in [2.75, 3.05) is 17.3 Å². The van der Waals surface area contributed by atoms with Crippen LogP contribution in [0.1, 0.15) is 0 Å². The molecular weight excluding hydrogens is 238 g/mol. The molecule has 2 N–H and O–H groups in total. The van der Waals surface area contributed by atoms with Crippen molar-refractivity contribution in [2.24, 2.45) is 0 Å². The first-order valence-electron chi connectivity index (χ1n) is 6.08. The summed E-state index contributed by atoms with van der Waals surface area (Å²) >= 11 is 0. The Hall–Kier alpha value is -2.69. The number of rotatable bonds is 1. The maximum absolute atomic E-state index is 4.45. The number of anilines is 2. The van der Waals surface area contributed by atoms with Gasteiger partial charge in [-0.2, -0.15) is 0 Å². The highest BCUT2D eigenvalue weighted by Gasteiger charge is 2.13. The van der Waals surface area contributed by atoms with Crippen LogP contribution in [0.4, 0.5) is 11.4 Å². The summed E-state index contributed by atoms with van der Waals surface area (Å²) in [6, 6.07) is 6.20. The summed E-state index contributed by atoms with van der Waals surface area (Å²) in [6.45, 7) is 0.745. The minimum Gasteiger partial charge on any atom is -0.366 e. The lowest BCUT2D eigenvalue weighted by molar-refractivity contribution is 1.17. The largest absolute Gasteiger partial charge is 0.366 e. The molecule has 0 radical (unpaired) electrons. The van der Waals surface area contributed by atoms with Gasteiger partial charge in [-0.15, -0.1) is 0 Å². The highest BCUT2D eigenvalue weighted by atomic mass is 15.1. The third-order valence-corrected chi connectivity index (χ3v) is 3.31. The van der Waals surface area contributed by atoms with Gasteiger partial charge in [-0.25, -0.2) is 9.97 Å². The van der Waals surface area contributed by atoms with Gasteiger partial charge in [0.25, 0.3) is 0 Å². The van der Waals surface area contributed by atoms with Crippen LogP contribution in [0.2, 0.25) is 0 Å². The molecule has 3 heterocycles. The van der Waals surface area contributed by atoms with Crippen LogP contribution in [0, 0.1) is 0 Å². The number of aromatic nitrogens is 3. The fourth-order valence-electron chi connectivity index (χ4n) is 2.37. The van der Waals surface area contributed by atoms with E-state index in [1.807, 2.05) is 30.7 Å². The van der Waals surface area contributed by atoms with Crippen molar-refractivity contribution < 1.29 is 0 Å². The minimum absolute atomic E-state index is 0.745. The van der Waals surface area contributed by atoms with Crippen molar-refractivity contribution in [3.05, 3.63) is 43.1 Å². The smallest absolute Gasteiger partial charge is 0.115 e. The van der Waals surface area contributed by atoms with Gasteiger partial charge in [0.05, 0.1) is 29.8 Å². The lowest BCUT2D eigenvalue weighted by Gasteiger charge is -2.06. The molecule has 1 aliphatic heterocycles. The number of hydrogen-bond acceptors (Lipinski definition) is 5. The second-order valence-corrected chi connectivity index (χ2v) is 4.44. The monoisotopic (exact) mass is 249 g/mol. The maximum atomic E-state index is 4.45. The second-order valence-electron chi connectivity index (χ2n) is 4.44. The zero-order valence-corrected chi connectivity index (χ0v) is 10.1. The van der Waals surface area contributed by atoms with E-state index < -0.39 is 0 Å². The Bertz CT molecular complexity index is 754. The molecule has 0 atom stereocenters. The highest BCUT2D eigenvalue weighted by molar-refractivity contribution is 6.01. The molecule has 0 fully saturated rings. The van der Waals surface area contributed by atoms with Crippen molar-refractivity contribution in [3.63, 3.8) is 0 Å². The molecular formula is C14H11N5. The molecule has 0 saturated heterocycles. The predicted molar refractivity (Wildman–Crippen MR) is 74.9 cm³/mol. The number of benzene rings is 1. The van der Waals surface area contributed by atoms with Gasteiger partial charge < -0.3 is 10.6 Å². The fourth-order valence-corrected chi connectivity index (χ4v) is 2.37. The molecule has 0 saturated carbocycles. The van der Waals surface area contributed by atoms with Crippen molar-refractivity contribution in [2.45, 2.75) is 0 Å². The molecule has 5 nitrogen and oxygen atoms in total. The lowest BCUT2D eigenvalue weighted by atomic mass is 10.0. The topological polar surface area (TPSA) is 62.7 Å². The van der Waals surface area contributed by atoms with Gasteiger partial charge in [0.1, 0.15) is 6.33 Å². The third kappa shape index (κ3) is 1.59. The van der Waals surface area contributed by atoms with E-state index in [-0.39, 0.29) is 0 Å². The Morgan fingerprint density at radius 3 is 2.74 bits per heavy atom. The Balaban J connectivity index is 1.96. The van der Waals surface area contributed by atoms with E-state index in [1.54, 1.807) is 0 Å². The summed E-state index contributed by atoms with van der Waals surface area (Å²) in [5.74, 6) is 0. The molecule has 1 aliphatic rings. The van der Waals surface area contributed by atoms with Crippen molar-refractivity contribution in [1.82, 2.24) is 15.0 Å². The van der Waals surface area contributed by atoms with E-state index in [0.29, 0.717) is 0 Å². The summed E-state index contributed by atoms with van der Waals surface area (Å²) in [5.41, 5.74) is 5.25. The second kappa shape index (κ2) is 3.91. The molecule has 5 heteroatoms. The quantitative estimate of drug-likeness (QED) is 0.693. The van der Waals surface area contributed by atoms with E-state index >= 15 is 0 Å². The van der Waals surface area contributed by atoms with Gasteiger partial charge in [0, 0.05) is 23.3 Å². The van der Waals surface area contributed by atoms with Gasteiger partial charge in [-0.3, -0.25) is 4.98 Å². The first-order chi connectivity index (χ1) is 9.42. The lowest BCUT2D eigenvalue weighted by Crippen LogP contribution is -1.99. The van der Waals surface area contributed by atoms with E-state index in [4.69, 9.17) is 0 Å². The van der Waals surface area contributed by atoms with Crippen LogP contribution in [0.3, 0.4) is 0 Å². The molecule has 4 rings (SSSR count). The van der Waals surface area contributed by atoms with Crippen LogP contribution in [0.15, 0.2) is 43.1 Å². The summed E-state index contributed by atoms with van der Waals surface area (Å²) < 4.78 is 0. The molecule has 0 unspecified atom stereocenters. The van der Waals surface area contributed by atoms with Gasteiger partial charge >= 0.3 is 0 Å². The Kier molecular flexibility index (Phi) is 2.11. The number of nitrogens with one attached hydrogen (secondary N) is 2. The summed E-state index contributed by atoms with van der Waals surface area (Å²) in [7, 11) is 0. The maximum Gasteiger partial charge on any atom is 0.115 e. The number of nitrogens with zero attached hydrogens (tertiary/aromatic N) is 3. The van der Waals surface area contributed by atoms with E-state index in [2.05, 4.69) is 31.7 Å². The molecule has 0 aliphatic carbocycles. The van der Waals surface area contributed by atoms with E-state index in [0.717, 1.165) is 40.1 Å². The van der Waals surface area contributed by atoms with Crippen molar-refractivity contribution >= 4 is 22.3 Å². The van der Waals surface area contributed by atoms with Gasteiger partial charge in [0.2, 0.25) is 0 Å². The SMILES string of the molecule is c1ncc(-c2ccc3ncc4c(c3c2)NCN4)cn1. The first kappa shape index (κ1) is 10.3. The zero-order chi connectivity index (χ0) is 12.7. The minimum atomic E-state index is 0.745. The summed E-state index contributed by atoms with van der Waals surface area (Å²) in [6.07, 6.45) is 7.03. The molecule has 0 spiro atoms. The Labute approximate surface area is 109 Å². The predicted octanol–water partition coefficient (Wildman–Crippen LogP) is 2.49. The Morgan fingerprint density at radius 2 is 1.84 bits per heavy atom. The standard InChI is InChI=1S/C14H11N5/c1-2-12-11(14-13(6-17-12)18-8-19-14)3-9(1)10-4-15-7-16-5-10/h1-7,18-19H,8H2. The normalized spacial score (nSPS) is 12.8. The van der Waals surface area contributed by atoms with Crippen molar-refractivity contribution in [3.8, 4) is 11.1 Å². The number of pyridine rings is 1. The molecule has 0 bridgehead atoms. The van der Waals surface area contributed by atoms with Crippen LogP contribution in [0.25, 0.3) is 22.0 Å². The van der Waals surface area contributed by atoms with E-state index in [9.17, 15) is 0 Å². The van der Waals surface area contributed by atoms with Crippen LogP contribution in [0.5, 0.6) is 0 Å². The van der Waals surface area contributed by atoms with Gasteiger partial charge in [0.15, 0.2) is 0 Å². The number of hydrogen-bond donors (Lipinski definition) is 2. The van der Waals surface area contributed by atoms with Gasteiger partial charge in [-0.05, 0) is 17.7 Å². The molecule has 3 aromatic rings. The highest BCUT2D eigenvalue weighted by Crippen LogP contribution is 2.34. The molecule has 1 aromatic carbocycles.